The molecule has 0 spiro atoms. The van der Waals surface area contributed by atoms with Gasteiger partial charge in [-0.1, -0.05) is 31.2 Å². The maximum atomic E-state index is 5.52. The summed E-state index contributed by atoms with van der Waals surface area (Å²) in [6, 6.07) is 11.1. The molecule has 1 unspecified atom stereocenters. The van der Waals surface area contributed by atoms with Crippen molar-refractivity contribution in [2.45, 2.75) is 39.5 Å². The molecule has 1 aliphatic heterocycles. The number of aromatic nitrogens is 1. The molecule has 1 N–H and O–H groups in total. The second kappa shape index (κ2) is 6.37. The highest BCUT2D eigenvalue weighted by atomic mass is 16.5. The Balaban J connectivity index is 1.93. The molecule has 1 atom stereocenters. The number of pyridine rings is 1. The summed E-state index contributed by atoms with van der Waals surface area (Å²) >= 11 is 0. The molecule has 21 heavy (non-hydrogen) atoms. The molecule has 3 rings (SSSR count). The third kappa shape index (κ3) is 3.14. The van der Waals surface area contributed by atoms with E-state index in [9.17, 15) is 0 Å². The molecule has 3 heteroatoms. The number of hydrogen-bond acceptors (Lipinski definition) is 3. The van der Waals surface area contributed by atoms with Crippen LogP contribution < -0.4 is 5.32 Å². The van der Waals surface area contributed by atoms with Crippen molar-refractivity contribution >= 4 is 0 Å². The highest BCUT2D eigenvalue weighted by molar-refractivity contribution is 5.38. The number of ether oxygens (including phenoxy) is 1. The van der Waals surface area contributed by atoms with Crippen LogP contribution in [0.2, 0.25) is 0 Å². The molecule has 3 nitrogen and oxygen atoms in total. The number of rotatable bonds is 5. The highest BCUT2D eigenvalue weighted by Gasteiger charge is 2.17. The van der Waals surface area contributed by atoms with Crippen LogP contribution in [0.15, 0.2) is 36.5 Å². The van der Waals surface area contributed by atoms with E-state index >= 15 is 0 Å². The van der Waals surface area contributed by atoms with Crippen LogP contribution in [0.3, 0.4) is 0 Å². The van der Waals surface area contributed by atoms with Gasteiger partial charge in [0, 0.05) is 11.9 Å². The van der Waals surface area contributed by atoms with E-state index in [1.165, 1.54) is 22.3 Å². The van der Waals surface area contributed by atoms with Gasteiger partial charge in [0.05, 0.1) is 19.3 Å². The third-order valence-electron chi connectivity index (χ3n) is 3.94. The molecule has 0 saturated heterocycles. The molecule has 0 fully saturated rings. The van der Waals surface area contributed by atoms with Crippen LogP contribution in [0.25, 0.3) is 0 Å². The Labute approximate surface area is 126 Å². The Kier molecular flexibility index (Phi) is 4.32. The zero-order valence-corrected chi connectivity index (χ0v) is 12.7. The first-order valence-electron chi connectivity index (χ1n) is 7.63. The zero-order chi connectivity index (χ0) is 14.7. The number of nitrogens with zero attached hydrogens (tertiary/aromatic N) is 1. The van der Waals surface area contributed by atoms with Crippen molar-refractivity contribution in [3.05, 3.63) is 64.5 Å². The first-order valence-corrected chi connectivity index (χ1v) is 7.63. The van der Waals surface area contributed by atoms with Gasteiger partial charge in [-0.3, -0.25) is 4.98 Å². The number of aryl methyl sites for hydroxylation is 1. The minimum Gasteiger partial charge on any atom is -0.372 e. The minimum atomic E-state index is 0.198. The van der Waals surface area contributed by atoms with Gasteiger partial charge in [-0.2, -0.15) is 0 Å². The Bertz CT molecular complexity index is 607. The number of fused-ring (bicyclic) bond motifs is 1. The lowest BCUT2D eigenvalue weighted by molar-refractivity contribution is 0.134. The van der Waals surface area contributed by atoms with E-state index in [0.29, 0.717) is 0 Å². The first kappa shape index (κ1) is 14.2. The van der Waals surface area contributed by atoms with Crippen LogP contribution >= 0.6 is 0 Å². The van der Waals surface area contributed by atoms with E-state index in [4.69, 9.17) is 4.74 Å². The van der Waals surface area contributed by atoms with Crippen molar-refractivity contribution in [3.8, 4) is 0 Å². The van der Waals surface area contributed by atoms with E-state index < -0.39 is 0 Å². The van der Waals surface area contributed by atoms with Gasteiger partial charge in [0.15, 0.2) is 0 Å². The lowest BCUT2D eigenvalue weighted by Gasteiger charge is -2.20. The van der Waals surface area contributed by atoms with E-state index in [-0.39, 0.29) is 6.04 Å². The van der Waals surface area contributed by atoms with Crippen molar-refractivity contribution in [2.75, 3.05) is 6.54 Å². The first-order chi connectivity index (χ1) is 10.3. The van der Waals surface area contributed by atoms with Crippen LogP contribution in [0.4, 0.5) is 0 Å². The summed E-state index contributed by atoms with van der Waals surface area (Å²) in [4.78, 5) is 4.44. The fourth-order valence-electron chi connectivity index (χ4n) is 2.74. The van der Waals surface area contributed by atoms with E-state index in [1.807, 2.05) is 13.1 Å². The molecule has 1 aromatic heterocycles. The smallest absolute Gasteiger partial charge is 0.0725 e. The van der Waals surface area contributed by atoms with Crippen LogP contribution in [0.5, 0.6) is 0 Å². The van der Waals surface area contributed by atoms with Crippen molar-refractivity contribution < 1.29 is 4.74 Å². The van der Waals surface area contributed by atoms with E-state index in [2.05, 4.69) is 47.6 Å². The quantitative estimate of drug-likeness (QED) is 0.911. The van der Waals surface area contributed by atoms with Gasteiger partial charge < -0.3 is 10.1 Å². The van der Waals surface area contributed by atoms with E-state index in [0.717, 1.165) is 31.9 Å². The van der Waals surface area contributed by atoms with Crippen molar-refractivity contribution in [1.82, 2.24) is 10.3 Å². The minimum absolute atomic E-state index is 0.198. The molecule has 2 heterocycles. The molecule has 0 saturated carbocycles. The average Bonchev–Trinajstić information content (AvgIpc) is 2.97. The lowest BCUT2D eigenvalue weighted by atomic mass is 9.96. The van der Waals surface area contributed by atoms with Crippen molar-refractivity contribution in [1.29, 1.82) is 0 Å². The van der Waals surface area contributed by atoms with Gasteiger partial charge in [0.25, 0.3) is 0 Å². The van der Waals surface area contributed by atoms with Crippen molar-refractivity contribution in [3.63, 3.8) is 0 Å². The normalized spacial score (nSPS) is 15.0. The largest absolute Gasteiger partial charge is 0.372 e. The molecule has 0 aliphatic carbocycles. The maximum Gasteiger partial charge on any atom is 0.0725 e. The molecule has 0 radical (unpaired) electrons. The molecule has 110 valence electrons. The summed E-state index contributed by atoms with van der Waals surface area (Å²) in [5, 5.41) is 3.63. The predicted octanol–water partition coefficient (Wildman–Crippen LogP) is 3.51. The number of benzene rings is 1. The topological polar surface area (TPSA) is 34.2 Å². The summed E-state index contributed by atoms with van der Waals surface area (Å²) < 4.78 is 5.52. The van der Waals surface area contributed by atoms with Crippen molar-refractivity contribution in [2.24, 2.45) is 0 Å². The Hall–Kier alpha value is -1.71. The zero-order valence-electron chi connectivity index (χ0n) is 12.7. The second-order valence-electron chi connectivity index (χ2n) is 5.64. The van der Waals surface area contributed by atoms with Gasteiger partial charge >= 0.3 is 0 Å². The van der Waals surface area contributed by atoms with Gasteiger partial charge in [-0.15, -0.1) is 0 Å². The van der Waals surface area contributed by atoms with Gasteiger partial charge in [-0.05, 0) is 48.2 Å². The molecule has 0 amide bonds. The van der Waals surface area contributed by atoms with Gasteiger partial charge in [0.1, 0.15) is 0 Å². The predicted molar refractivity (Wildman–Crippen MR) is 84.0 cm³/mol. The number of hydrogen-bond donors (Lipinski definition) is 1. The molecule has 2 aromatic rings. The maximum absolute atomic E-state index is 5.52. The molecule has 1 aromatic carbocycles. The monoisotopic (exact) mass is 282 g/mol. The molecular weight excluding hydrogens is 260 g/mol. The van der Waals surface area contributed by atoms with Gasteiger partial charge in [-0.25, -0.2) is 0 Å². The Morgan fingerprint density at radius 2 is 1.95 bits per heavy atom. The lowest BCUT2D eigenvalue weighted by Crippen LogP contribution is -2.23. The standard InChI is InChI=1S/C18H22N2O/c1-3-8-19-18(15-5-4-13(2)20-10-15)14-6-7-16-11-21-12-17(16)9-14/h4-7,9-10,18-19H,3,8,11-12H2,1-2H3. The SMILES string of the molecule is CCCNC(c1ccc(C)nc1)c1ccc2c(c1)COC2. The summed E-state index contributed by atoms with van der Waals surface area (Å²) in [6.07, 6.45) is 3.09. The van der Waals surface area contributed by atoms with Crippen LogP contribution in [0, 0.1) is 6.92 Å². The summed E-state index contributed by atoms with van der Waals surface area (Å²) in [5.74, 6) is 0. The second-order valence-corrected chi connectivity index (χ2v) is 5.64. The summed E-state index contributed by atoms with van der Waals surface area (Å²) in [5.41, 5.74) is 6.19. The van der Waals surface area contributed by atoms with Crippen LogP contribution in [0.1, 0.15) is 47.3 Å². The Morgan fingerprint density at radius 1 is 1.14 bits per heavy atom. The third-order valence-corrected chi connectivity index (χ3v) is 3.94. The van der Waals surface area contributed by atoms with E-state index in [1.54, 1.807) is 0 Å². The Morgan fingerprint density at radius 3 is 2.71 bits per heavy atom. The van der Waals surface area contributed by atoms with Crippen LogP contribution in [-0.2, 0) is 18.0 Å². The van der Waals surface area contributed by atoms with Crippen LogP contribution in [-0.4, -0.2) is 11.5 Å². The molecule has 1 aliphatic rings. The fourth-order valence-corrected chi connectivity index (χ4v) is 2.74. The highest BCUT2D eigenvalue weighted by Crippen LogP contribution is 2.27. The summed E-state index contributed by atoms with van der Waals surface area (Å²) in [7, 11) is 0. The fraction of sp³-hybridized carbons (Fsp3) is 0.389. The molecule has 0 bridgehead atoms. The summed E-state index contributed by atoms with van der Waals surface area (Å²) in [6.45, 7) is 6.68. The average molecular weight is 282 g/mol. The molecular formula is C18H22N2O. The number of nitrogens with one attached hydrogen (secondary N) is 1. The van der Waals surface area contributed by atoms with Gasteiger partial charge in [0.2, 0.25) is 0 Å².